The number of nitrogens with zero attached hydrogens (tertiary/aromatic N) is 2. The lowest BCUT2D eigenvalue weighted by atomic mass is 10.0. The van der Waals surface area contributed by atoms with Gasteiger partial charge >= 0.3 is 6.03 Å². The molecular weight excluding hydrogens is 282 g/mol. The van der Waals surface area contributed by atoms with Gasteiger partial charge in [-0.25, -0.2) is 4.79 Å². The molecule has 3 rings (SSSR count). The molecule has 2 aliphatic heterocycles. The van der Waals surface area contributed by atoms with E-state index in [1.165, 1.54) is 6.26 Å². The Bertz CT molecular complexity index is 523. The van der Waals surface area contributed by atoms with Crippen molar-refractivity contribution in [2.45, 2.75) is 18.9 Å². The van der Waals surface area contributed by atoms with Crippen LogP contribution in [0.1, 0.15) is 23.2 Å². The van der Waals surface area contributed by atoms with Crippen LogP contribution in [0.2, 0.25) is 5.22 Å². The molecule has 0 aliphatic carbocycles. The number of nitrogens with one attached hydrogen (secondary N) is 1. The molecule has 0 spiro atoms. The van der Waals surface area contributed by atoms with Gasteiger partial charge in [0, 0.05) is 32.2 Å². The molecule has 2 aliphatic rings. The lowest BCUT2D eigenvalue weighted by Gasteiger charge is -2.36. The third-order valence-electron chi connectivity index (χ3n) is 3.93. The van der Waals surface area contributed by atoms with Crippen LogP contribution in [0.3, 0.4) is 0 Å². The molecule has 3 heterocycles. The molecule has 0 unspecified atom stereocenters. The molecule has 1 aromatic heterocycles. The van der Waals surface area contributed by atoms with E-state index in [-0.39, 0.29) is 23.2 Å². The van der Waals surface area contributed by atoms with Gasteiger partial charge in [0.2, 0.25) is 5.22 Å². The quantitative estimate of drug-likeness (QED) is 0.901. The van der Waals surface area contributed by atoms with Crippen LogP contribution in [0, 0.1) is 0 Å². The maximum absolute atomic E-state index is 12.3. The van der Waals surface area contributed by atoms with E-state index >= 15 is 0 Å². The van der Waals surface area contributed by atoms with Crippen LogP contribution in [0.25, 0.3) is 0 Å². The number of carbonyl (C=O) groups excluding carboxylic acids is 2. The van der Waals surface area contributed by atoms with Crippen molar-refractivity contribution in [3.63, 3.8) is 0 Å². The summed E-state index contributed by atoms with van der Waals surface area (Å²) >= 11 is 5.83. The number of amides is 3. The summed E-state index contributed by atoms with van der Waals surface area (Å²) in [7, 11) is 0. The predicted octanol–water partition coefficient (Wildman–Crippen LogP) is 1.56. The Morgan fingerprint density at radius 1 is 1.35 bits per heavy atom. The molecule has 0 saturated carbocycles. The van der Waals surface area contributed by atoms with Crippen LogP contribution in [0.4, 0.5) is 4.79 Å². The zero-order valence-corrected chi connectivity index (χ0v) is 11.7. The Morgan fingerprint density at radius 2 is 2.10 bits per heavy atom. The van der Waals surface area contributed by atoms with E-state index in [0.29, 0.717) is 25.2 Å². The van der Waals surface area contributed by atoms with Crippen LogP contribution in [0.15, 0.2) is 16.7 Å². The molecule has 0 bridgehead atoms. The van der Waals surface area contributed by atoms with Gasteiger partial charge in [0.15, 0.2) is 0 Å². The van der Waals surface area contributed by atoms with Gasteiger partial charge in [-0.05, 0) is 30.5 Å². The minimum absolute atomic E-state index is 0.00709. The number of urea groups is 1. The van der Waals surface area contributed by atoms with Gasteiger partial charge in [-0.15, -0.1) is 0 Å². The Balaban J connectivity index is 1.60. The van der Waals surface area contributed by atoms with Crippen LogP contribution >= 0.6 is 11.6 Å². The van der Waals surface area contributed by atoms with Gasteiger partial charge in [0.25, 0.3) is 5.91 Å². The fourth-order valence-electron chi connectivity index (χ4n) is 2.83. The normalized spacial score (nSPS) is 20.4. The minimum atomic E-state index is -0.104. The third kappa shape index (κ3) is 2.35. The Morgan fingerprint density at radius 3 is 2.65 bits per heavy atom. The monoisotopic (exact) mass is 297 g/mol. The van der Waals surface area contributed by atoms with E-state index in [4.69, 9.17) is 16.0 Å². The van der Waals surface area contributed by atoms with Gasteiger partial charge in [0.1, 0.15) is 0 Å². The fraction of sp³-hybridized carbons (Fsp3) is 0.538. The molecule has 0 radical (unpaired) electrons. The summed E-state index contributed by atoms with van der Waals surface area (Å²) in [6.07, 6.45) is 3.01. The highest BCUT2D eigenvalue weighted by atomic mass is 35.5. The van der Waals surface area contributed by atoms with Gasteiger partial charge < -0.3 is 19.5 Å². The van der Waals surface area contributed by atoms with Crippen molar-refractivity contribution in [1.29, 1.82) is 0 Å². The van der Waals surface area contributed by atoms with Crippen molar-refractivity contribution in [1.82, 2.24) is 15.1 Å². The fourth-order valence-corrected chi connectivity index (χ4v) is 3.03. The summed E-state index contributed by atoms with van der Waals surface area (Å²) < 4.78 is 4.95. The number of rotatable bonds is 2. The van der Waals surface area contributed by atoms with Crippen molar-refractivity contribution in [3.05, 3.63) is 23.1 Å². The van der Waals surface area contributed by atoms with Gasteiger partial charge in [0.05, 0.1) is 11.8 Å². The van der Waals surface area contributed by atoms with Crippen molar-refractivity contribution < 1.29 is 14.0 Å². The van der Waals surface area contributed by atoms with E-state index < -0.39 is 0 Å². The lowest BCUT2D eigenvalue weighted by molar-refractivity contribution is 0.0665. The van der Waals surface area contributed by atoms with E-state index in [1.807, 2.05) is 4.90 Å². The molecule has 1 aromatic rings. The van der Waals surface area contributed by atoms with E-state index in [2.05, 4.69) is 5.32 Å². The average Bonchev–Trinajstić information content (AvgIpc) is 3.07. The predicted molar refractivity (Wildman–Crippen MR) is 72.7 cm³/mol. The molecule has 0 aromatic carbocycles. The zero-order chi connectivity index (χ0) is 14.1. The first-order valence-electron chi connectivity index (χ1n) is 6.73. The Hall–Kier alpha value is -1.69. The minimum Gasteiger partial charge on any atom is -0.452 e. The van der Waals surface area contributed by atoms with E-state index in [0.717, 1.165) is 19.4 Å². The van der Waals surface area contributed by atoms with Crippen LogP contribution in [-0.4, -0.2) is 54.0 Å². The molecule has 20 heavy (non-hydrogen) atoms. The topological polar surface area (TPSA) is 65.8 Å². The summed E-state index contributed by atoms with van der Waals surface area (Å²) in [5.41, 5.74) is 0.407. The first-order valence-corrected chi connectivity index (χ1v) is 7.11. The smallest absolute Gasteiger partial charge is 0.317 e. The largest absolute Gasteiger partial charge is 0.452 e. The van der Waals surface area contributed by atoms with E-state index in [9.17, 15) is 9.59 Å². The van der Waals surface area contributed by atoms with Crippen molar-refractivity contribution in [2.75, 3.05) is 26.2 Å². The third-order valence-corrected chi connectivity index (χ3v) is 4.22. The summed E-state index contributed by atoms with van der Waals surface area (Å²) in [5.74, 6) is -0.104. The highest BCUT2D eigenvalue weighted by Gasteiger charge is 2.32. The van der Waals surface area contributed by atoms with Crippen molar-refractivity contribution in [3.8, 4) is 0 Å². The first-order chi connectivity index (χ1) is 9.66. The molecule has 2 fully saturated rings. The Labute approximate surface area is 121 Å². The van der Waals surface area contributed by atoms with Gasteiger partial charge in [-0.1, -0.05) is 0 Å². The maximum atomic E-state index is 12.3. The van der Waals surface area contributed by atoms with Crippen LogP contribution < -0.4 is 5.32 Å². The van der Waals surface area contributed by atoms with Crippen molar-refractivity contribution in [2.24, 2.45) is 0 Å². The number of furan rings is 1. The highest BCUT2D eigenvalue weighted by molar-refractivity contribution is 6.32. The number of carbonyl (C=O) groups is 2. The van der Waals surface area contributed by atoms with Crippen LogP contribution in [0.5, 0.6) is 0 Å². The van der Waals surface area contributed by atoms with Crippen molar-refractivity contribution >= 4 is 23.5 Å². The second-order valence-electron chi connectivity index (χ2n) is 5.06. The summed E-state index contributed by atoms with van der Waals surface area (Å²) in [6.45, 7) is 2.73. The molecule has 6 nitrogen and oxygen atoms in total. The van der Waals surface area contributed by atoms with Gasteiger partial charge in [-0.2, -0.15) is 0 Å². The van der Waals surface area contributed by atoms with Gasteiger partial charge in [-0.3, -0.25) is 4.79 Å². The summed E-state index contributed by atoms with van der Waals surface area (Å²) in [5, 5.41) is 2.94. The number of hydrogen-bond donors (Lipinski definition) is 1. The zero-order valence-electron chi connectivity index (χ0n) is 11.0. The average molecular weight is 298 g/mol. The maximum Gasteiger partial charge on any atom is 0.317 e. The van der Waals surface area contributed by atoms with Crippen LogP contribution in [-0.2, 0) is 0 Å². The molecule has 0 atom stereocenters. The van der Waals surface area contributed by atoms with E-state index in [1.54, 1.807) is 11.0 Å². The molecule has 108 valence electrons. The number of piperidine rings is 1. The standard InChI is InChI=1S/C13H16ClN3O3/c14-11-10(3-8-20-11)12(18)16-5-1-9(2-6-16)17-7-4-15-13(17)19/h3,8-9H,1-2,4-7H2,(H,15,19). The summed E-state index contributed by atoms with van der Waals surface area (Å²) in [4.78, 5) is 27.5. The summed E-state index contributed by atoms with van der Waals surface area (Å²) in [6, 6.07) is 1.82. The molecule has 7 heteroatoms. The SMILES string of the molecule is O=C(c1ccoc1Cl)N1CCC(N2CCNC2=O)CC1. The highest BCUT2D eigenvalue weighted by Crippen LogP contribution is 2.23. The lowest BCUT2D eigenvalue weighted by Crippen LogP contribution is -2.47. The molecule has 1 N–H and O–H groups in total. The number of hydrogen-bond acceptors (Lipinski definition) is 3. The second kappa shape index (κ2) is 5.36. The molecule has 3 amide bonds. The second-order valence-corrected chi connectivity index (χ2v) is 5.40. The Kier molecular flexibility index (Phi) is 3.56. The first kappa shape index (κ1) is 13.3. The molecular formula is C13H16ClN3O3. The molecule has 2 saturated heterocycles. The number of likely N-dealkylation sites (tertiary alicyclic amines) is 1. The number of halogens is 1.